The third-order valence-electron chi connectivity index (χ3n) is 4.01. The number of carbonyl (C=O) groups excluding carboxylic acids is 2. The Morgan fingerprint density at radius 3 is 2.52 bits per heavy atom. The van der Waals surface area contributed by atoms with Crippen molar-refractivity contribution in [3.63, 3.8) is 0 Å². The van der Waals surface area contributed by atoms with Crippen molar-refractivity contribution in [3.05, 3.63) is 22.8 Å². The number of carbonyl (C=O) groups is 2. The summed E-state index contributed by atoms with van der Waals surface area (Å²) >= 11 is 0. The molecule has 0 unspecified atom stereocenters. The SMILES string of the molecule is COC(=O)CCCNC(=O)CCc1c(C)nc2nc(C(F)(F)F)nn2c1C. The van der Waals surface area contributed by atoms with E-state index in [0.717, 1.165) is 4.52 Å². The first-order chi connectivity index (χ1) is 12.6. The largest absolute Gasteiger partial charge is 0.469 e. The number of aromatic nitrogens is 4. The van der Waals surface area contributed by atoms with E-state index in [2.05, 4.69) is 25.1 Å². The van der Waals surface area contributed by atoms with Crippen molar-refractivity contribution in [2.24, 2.45) is 0 Å². The van der Waals surface area contributed by atoms with Crippen LogP contribution in [0.15, 0.2) is 0 Å². The zero-order valence-electron chi connectivity index (χ0n) is 15.2. The molecular formula is C16H20F3N5O3. The average Bonchev–Trinajstić information content (AvgIpc) is 3.02. The lowest BCUT2D eigenvalue weighted by molar-refractivity contribution is -0.144. The van der Waals surface area contributed by atoms with Gasteiger partial charge < -0.3 is 10.1 Å². The van der Waals surface area contributed by atoms with Crippen LogP contribution < -0.4 is 5.32 Å². The van der Waals surface area contributed by atoms with Gasteiger partial charge in [-0.15, -0.1) is 5.10 Å². The summed E-state index contributed by atoms with van der Waals surface area (Å²) in [5, 5.41) is 6.15. The lowest BCUT2D eigenvalue weighted by atomic mass is 10.1. The summed E-state index contributed by atoms with van der Waals surface area (Å²) in [7, 11) is 1.29. The smallest absolute Gasteiger partial charge is 0.453 e. The summed E-state index contributed by atoms with van der Waals surface area (Å²) in [5.41, 5.74) is 1.60. The maximum Gasteiger partial charge on any atom is 0.453 e. The molecule has 0 aliphatic rings. The molecule has 8 nitrogen and oxygen atoms in total. The van der Waals surface area contributed by atoms with Crippen molar-refractivity contribution in [2.75, 3.05) is 13.7 Å². The Morgan fingerprint density at radius 2 is 1.89 bits per heavy atom. The summed E-state index contributed by atoms with van der Waals surface area (Å²) in [6, 6.07) is 0. The minimum absolute atomic E-state index is 0.131. The standard InChI is InChI=1S/C16H20F3N5O3/c1-9-11(6-7-12(25)20-8-4-5-13(26)27-3)10(2)24-15(21-9)22-14(23-24)16(17,18)19/h4-8H2,1-3H3,(H,20,25). The summed E-state index contributed by atoms with van der Waals surface area (Å²) in [5.74, 6) is -1.96. The van der Waals surface area contributed by atoms with Gasteiger partial charge in [-0.1, -0.05) is 0 Å². The number of nitrogens with zero attached hydrogens (tertiary/aromatic N) is 4. The van der Waals surface area contributed by atoms with E-state index >= 15 is 0 Å². The quantitative estimate of drug-likeness (QED) is 0.574. The monoisotopic (exact) mass is 387 g/mol. The summed E-state index contributed by atoms with van der Waals surface area (Å²) in [6.07, 6.45) is -3.55. The molecule has 27 heavy (non-hydrogen) atoms. The second kappa shape index (κ2) is 8.31. The number of halogens is 3. The highest BCUT2D eigenvalue weighted by Crippen LogP contribution is 2.27. The second-order valence-electron chi connectivity index (χ2n) is 5.94. The molecule has 2 rings (SSSR count). The number of ether oxygens (including phenoxy) is 1. The first-order valence-corrected chi connectivity index (χ1v) is 8.27. The van der Waals surface area contributed by atoms with Gasteiger partial charge in [0.25, 0.3) is 11.6 Å². The van der Waals surface area contributed by atoms with Crippen molar-refractivity contribution in [3.8, 4) is 0 Å². The van der Waals surface area contributed by atoms with Crippen LogP contribution >= 0.6 is 0 Å². The molecule has 2 aromatic heterocycles. The topological polar surface area (TPSA) is 98.5 Å². The number of nitrogens with one attached hydrogen (secondary N) is 1. The number of aryl methyl sites for hydroxylation is 2. The van der Waals surface area contributed by atoms with Crippen LogP contribution in [0, 0.1) is 13.8 Å². The fraction of sp³-hybridized carbons (Fsp3) is 0.562. The van der Waals surface area contributed by atoms with Gasteiger partial charge >= 0.3 is 12.1 Å². The number of hydrogen-bond donors (Lipinski definition) is 1. The average molecular weight is 387 g/mol. The molecule has 0 aromatic carbocycles. The Kier molecular flexibility index (Phi) is 6.34. The van der Waals surface area contributed by atoms with Gasteiger partial charge in [-0.25, -0.2) is 9.50 Å². The Balaban J connectivity index is 2.02. The predicted octanol–water partition coefficient (Wildman–Crippen LogP) is 1.76. The number of hydrogen-bond acceptors (Lipinski definition) is 6. The van der Waals surface area contributed by atoms with E-state index < -0.39 is 12.0 Å². The van der Waals surface area contributed by atoms with Crippen LogP contribution in [0.1, 0.15) is 42.0 Å². The molecular weight excluding hydrogens is 367 g/mol. The first kappa shape index (κ1) is 20.6. The highest BCUT2D eigenvalue weighted by molar-refractivity contribution is 5.76. The Morgan fingerprint density at radius 1 is 1.19 bits per heavy atom. The molecule has 0 saturated heterocycles. The van der Waals surface area contributed by atoms with Crippen molar-refractivity contribution < 1.29 is 27.5 Å². The van der Waals surface area contributed by atoms with Crippen LogP contribution in [0.3, 0.4) is 0 Å². The maximum atomic E-state index is 12.8. The Hall–Kier alpha value is -2.72. The Bertz CT molecular complexity index is 848. The first-order valence-electron chi connectivity index (χ1n) is 8.27. The summed E-state index contributed by atoms with van der Waals surface area (Å²) in [4.78, 5) is 30.4. The molecule has 0 atom stereocenters. The van der Waals surface area contributed by atoms with E-state index in [1.165, 1.54) is 7.11 Å². The molecule has 0 aliphatic carbocycles. The Labute approximate surface area is 153 Å². The van der Waals surface area contributed by atoms with Gasteiger partial charge in [-0.05, 0) is 32.3 Å². The van der Waals surface area contributed by atoms with Crippen molar-refractivity contribution >= 4 is 17.7 Å². The summed E-state index contributed by atoms with van der Waals surface area (Å²) < 4.78 is 43.9. The van der Waals surface area contributed by atoms with Crippen LogP contribution in [0.25, 0.3) is 5.78 Å². The van der Waals surface area contributed by atoms with Crippen molar-refractivity contribution in [2.45, 2.75) is 45.7 Å². The highest BCUT2D eigenvalue weighted by atomic mass is 19.4. The van der Waals surface area contributed by atoms with Crippen LogP contribution in [0.4, 0.5) is 13.2 Å². The van der Waals surface area contributed by atoms with E-state index in [0.29, 0.717) is 36.3 Å². The lowest BCUT2D eigenvalue weighted by Gasteiger charge is -2.10. The van der Waals surface area contributed by atoms with Crippen LogP contribution in [-0.2, 0) is 26.9 Å². The molecule has 0 bridgehead atoms. The molecule has 1 amide bonds. The third kappa shape index (κ3) is 5.14. The van der Waals surface area contributed by atoms with E-state index in [1.807, 2.05) is 0 Å². The minimum Gasteiger partial charge on any atom is -0.469 e. The number of rotatable bonds is 7. The molecule has 11 heteroatoms. The normalized spacial score (nSPS) is 11.6. The highest BCUT2D eigenvalue weighted by Gasteiger charge is 2.36. The minimum atomic E-state index is -4.65. The van der Waals surface area contributed by atoms with Gasteiger partial charge in [0, 0.05) is 30.8 Å². The van der Waals surface area contributed by atoms with E-state index in [4.69, 9.17) is 0 Å². The van der Waals surface area contributed by atoms with Gasteiger partial charge in [0.2, 0.25) is 5.91 Å². The molecule has 0 aliphatic heterocycles. The second-order valence-corrected chi connectivity index (χ2v) is 5.94. The van der Waals surface area contributed by atoms with E-state index in [9.17, 15) is 22.8 Å². The molecule has 2 aromatic rings. The lowest BCUT2D eigenvalue weighted by Crippen LogP contribution is -2.25. The number of amides is 1. The fourth-order valence-corrected chi connectivity index (χ4v) is 2.58. The molecule has 2 heterocycles. The predicted molar refractivity (Wildman–Crippen MR) is 87.8 cm³/mol. The van der Waals surface area contributed by atoms with Gasteiger partial charge in [0.15, 0.2) is 0 Å². The van der Waals surface area contributed by atoms with Gasteiger partial charge in [-0.2, -0.15) is 18.2 Å². The molecule has 1 N–H and O–H groups in total. The van der Waals surface area contributed by atoms with Gasteiger partial charge in [-0.3, -0.25) is 9.59 Å². The van der Waals surface area contributed by atoms with E-state index in [1.54, 1.807) is 13.8 Å². The number of alkyl halides is 3. The summed E-state index contributed by atoms with van der Waals surface area (Å²) in [6.45, 7) is 3.60. The molecule has 0 spiro atoms. The number of fused-ring (bicyclic) bond motifs is 1. The fourth-order valence-electron chi connectivity index (χ4n) is 2.58. The van der Waals surface area contributed by atoms with Crippen LogP contribution in [0.5, 0.6) is 0 Å². The zero-order chi connectivity index (χ0) is 20.2. The van der Waals surface area contributed by atoms with Gasteiger partial charge in [0.1, 0.15) is 0 Å². The zero-order valence-corrected chi connectivity index (χ0v) is 15.2. The van der Waals surface area contributed by atoms with Crippen molar-refractivity contribution in [1.82, 2.24) is 24.9 Å². The number of esters is 1. The maximum absolute atomic E-state index is 12.8. The third-order valence-corrected chi connectivity index (χ3v) is 4.01. The van der Waals surface area contributed by atoms with Crippen LogP contribution in [-0.4, -0.2) is 45.1 Å². The van der Waals surface area contributed by atoms with E-state index in [-0.39, 0.29) is 30.5 Å². The number of methoxy groups -OCH3 is 1. The van der Waals surface area contributed by atoms with Crippen LogP contribution in [0.2, 0.25) is 0 Å². The van der Waals surface area contributed by atoms with Crippen molar-refractivity contribution in [1.29, 1.82) is 0 Å². The molecule has 0 fully saturated rings. The molecule has 0 saturated carbocycles. The van der Waals surface area contributed by atoms with Gasteiger partial charge in [0.05, 0.1) is 7.11 Å². The molecule has 148 valence electrons. The molecule has 0 radical (unpaired) electrons.